The third-order valence-corrected chi connectivity index (χ3v) is 6.17. The zero-order valence-electron chi connectivity index (χ0n) is 12.9. The normalized spacial score (nSPS) is 25.7. The largest absolute Gasteiger partial charge is 0.494 e. The van der Waals surface area contributed by atoms with Gasteiger partial charge in [-0.25, -0.2) is 8.42 Å². The summed E-state index contributed by atoms with van der Waals surface area (Å²) in [5.41, 5.74) is 0.742. The fourth-order valence-corrected chi connectivity index (χ4v) is 4.28. The van der Waals surface area contributed by atoms with Gasteiger partial charge in [-0.3, -0.25) is 0 Å². The van der Waals surface area contributed by atoms with Crippen LogP contribution in [0.4, 0.5) is 0 Å². The van der Waals surface area contributed by atoms with Gasteiger partial charge in [0.05, 0.1) is 12.7 Å². The van der Waals surface area contributed by atoms with E-state index in [1.54, 1.807) is 12.1 Å². The Kier molecular flexibility index (Phi) is 4.63. The highest BCUT2D eigenvalue weighted by Crippen LogP contribution is 2.48. The number of ether oxygens (including phenoxy) is 1. The molecule has 0 bridgehead atoms. The SMILES string of the molecule is CC(C)CCOc1ccc(C2(S(C)(=O)=O)CC(O)C2)cc1. The molecule has 0 aliphatic heterocycles. The highest BCUT2D eigenvalue weighted by molar-refractivity contribution is 7.91. The van der Waals surface area contributed by atoms with Crippen LogP contribution in [0.3, 0.4) is 0 Å². The van der Waals surface area contributed by atoms with Gasteiger partial charge in [-0.2, -0.15) is 0 Å². The van der Waals surface area contributed by atoms with Crippen LogP contribution in [0.1, 0.15) is 38.7 Å². The second-order valence-electron chi connectivity index (χ2n) is 6.38. The number of sulfone groups is 1. The van der Waals surface area contributed by atoms with E-state index in [1.165, 1.54) is 6.26 Å². The first-order valence-corrected chi connectivity index (χ1v) is 9.25. The molecule has 0 spiro atoms. The summed E-state index contributed by atoms with van der Waals surface area (Å²) in [6.07, 6.45) is 2.26. The summed E-state index contributed by atoms with van der Waals surface area (Å²) < 4.78 is 28.9. The van der Waals surface area contributed by atoms with Gasteiger partial charge in [0.2, 0.25) is 0 Å². The maximum absolute atomic E-state index is 12.1. The molecule has 0 aromatic heterocycles. The van der Waals surface area contributed by atoms with Crippen LogP contribution in [-0.2, 0) is 14.6 Å². The molecule has 0 amide bonds. The van der Waals surface area contributed by atoms with Crippen molar-refractivity contribution in [2.75, 3.05) is 12.9 Å². The Balaban J connectivity index is 2.11. The van der Waals surface area contributed by atoms with Crippen molar-refractivity contribution in [1.29, 1.82) is 0 Å². The van der Waals surface area contributed by atoms with Crippen LogP contribution in [0, 0.1) is 5.92 Å². The minimum Gasteiger partial charge on any atom is -0.494 e. The highest BCUT2D eigenvalue weighted by Gasteiger charge is 2.52. The summed E-state index contributed by atoms with van der Waals surface area (Å²) in [6.45, 7) is 4.95. The standard InChI is InChI=1S/C16H24O4S/c1-12(2)8-9-20-15-6-4-13(5-7-15)16(21(3,18)19)10-14(17)11-16/h4-7,12,14,17H,8-11H2,1-3H3. The zero-order valence-corrected chi connectivity index (χ0v) is 13.7. The van der Waals surface area contributed by atoms with Crippen molar-refractivity contribution in [1.82, 2.24) is 0 Å². The van der Waals surface area contributed by atoms with Crippen molar-refractivity contribution < 1.29 is 18.3 Å². The van der Waals surface area contributed by atoms with Crippen molar-refractivity contribution in [3.63, 3.8) is 0 Å². The minimum absolute atomic E-state index is 0.277. The van der Waals surface area contributed by atoms with E-state index in [1.807, 2.05) is 12.1 Å². The van der Waals surface area contributed by atoms with E-state index in [0.717, 1.165) is 17.7 Å². The van der Waals surface area contributed by atoms with Gasteiger partial charge in [0.15, 0.2) is 9.84 Å². The van der Waals surface area contributed by atoms with Crippen LogP contribution in [0.25, 0.3) is 0 Å². The quantitative estimate of drug-likeness (QED) is 0.876. The molecule has 21 heavy (non-hydrogen) atoms. The van der Waals surface area contributed by atoms with E-state index in [0.29, 0.717) is 12.5 Å². The summed E-state index contributed by atoms with van der Waals surface area (Å²) >= 11 is 0. The molecule has 1 saturated carbocycles. The predicted molar refractivity (Wildman–Crippen MR) is 83.2 cm³/mol. The number of aliphatic hydroxyl groups is 1. The van der Waals surface area contributed by atoms with E-state index in [2.05, 4.69) is 13.8 Å². The zero-order chi connectivity index (χ0) is 15.7. The minimum atomic E-state index is -3.26. The molecular formula is C16H24O4S. The molecule has 1 aliphatic rings. The summed E-state index contributed by atoms with van der Waals surface area (Å²) in [6, 6.07) is 7.23. The molecule has 1 N–H and O–H groups in total. The molecule has 1 aromatic carbocycles. The molecule has 0 heterocycles. The molecule has 0 unspecified atom stereocenters. The first-order chi connectivity index (χ1) is 9.74. The molecular weight excluding hydrogens is 288 g/mol. The maximum atomic E-state index is 12.1. The molecule has 2 rings (SSSR count). The Bertz CT molecular complexity index is 569. The number of aliphatic hydroxyl groups excluding tert-OH is 1. The molecule has 0 radical (unpaired) electrons. The van der Waals surface area contributed by atoms with Gasteiger partial charge < -0.3 is 9.84 Å². The van der Waals surface area contributed by atoms with Gasteiger partial charge in [0.25, 0.3) is 0 Å². The molecule has 118 valence electrons. The van der Waals surface area contributed by atoms with E-state index >= 15 is 0 Å². The van der Waals surface area contributed by atoms with Gasteiger partial charge in [0, 0.05) is 6.26 Å². The van der Waals surface area contributed by atoms with Crippen LogP contribution in [0.2, 0.25) is 0 Å². The lowest BCUT2D eigenvalue weighted by Crippen LogP contribution is -2.49. The Hall–Kier alpha value is -1.07. The third kappa shape index (κ3) is 3.40. The van der Waals surface area contributed by atoms with Crippen LogP contribution in [-0.4, -0.2) is 32.5 Å². The van der Waals surface area contributed by atoms with Gasteiger partial charge in [-0.15, -0.1) is 0 Å². The molecule has 1 aromatic rings. The predicted octanol–water partition coefficient (Wildman–Crippen LogP) is 2.51. The average Bonchev–Trinajstić information content (AvgIpc) is 2.34. The molecule has 0 atom stereocenters. The number of rotatable bonds is 6. The number of benzene rings is 1. The van der Waals surface area contributed by atoms with Crippen LogP contribution in [0.15, 0.2) is 24.3 Å². The van der Waals surface area contributed by atoms with E-state index in [9.17, 15) is 13.5 Å². The third-order valence-electron chi connectivity index (χ3n) is 4.18. The lowest BCUT2D eigenvalue weighted by atomic mass is 9.76. The molecule has 5 heteroatoms. The Morgan fingerprint density at radius 2 is 1.86 bits per heavy atom. The van der Waals surface area contributed by atoms with Crippen LogP contribution < -0.4 is 4.74 Å². The van der Waals surface area contributed by atoms with Crippen molar-refractivity contribution >= 4 is 9.84 Å². The van der Waals surface area contributed by atoms with Crippen molar-refractivity contribution in [3.05, 3.63) is 29.8 Å². The Morgan fingerprint density at radius 3 is 2.29 bits per heavy atom. The van der Waals surface area contributed by atoms with Gasteiger partial charge in [-0.05, 0) is 42.9 Å². The summed E-state index contributed by atoms with van der Waals surface area (Å²) in [4.78, 5) is 0. The number of hydrogen-bond donors (Lipinski definition) is 1. The van der Waals surface area contributed by atoms with E-state index in [4.69, 9.17) is 4.74 Å². The average molecular weight is 312 g/mol. The highest BCUT2D eigenvalue weighted by atomic mass is 32.2. The lowest BCUT2D eigenvalue weighted by Gasteiger charge is -2.44. The van der Waals surface area contributed by atoms with Gasteiger partial charge in [-0.1, -0.05) is 26.0 Å². The first-order valence-electron chi connectivity index (χ1n) is 7.35. The lowest BCUT2D eigenvalue weighted by molar-refractivity contribution is 0.0557. The molecule has 0 saturated heterocycles. The second kappa shape index (κ2) is 5.97. The Morgan fingerprint density at radius 1 is 1.29 bits per heavy atom. The van der Waals surface area contributed by atoms with E-state index < -0.39 is 20.7 Å². The topological polar surface area (TPSA) is 63.6 Å². The van der Waals surface area contributed by atoms with Gasteiger partial charge in [0.1, 0.15) is 10.5 Å². The fraction of sp³-hybridized carbons (Fsp3) is 0.625. The first kappa shape index (κ1) is 16.3. The van der Waals surface area contributed by atoms with E-state index in [-0.39, 0.29) is 12.8 Å². The van der Waals surface area contributed by atoms with Crippen molar-refractivity contribution in [3.8, 4) is 5.75 Å². The summed E-state index contributed by atoms with van der Waals surface area (Å²) in [7, 11) is -3.26. The Labute approximate surface area is 127 Å². The molecule has 4 nitrogen and oxygen atoms in total. The second-order valence-corrected chi connectivity index (χ2v) is 8.71. The smallest absolute Gasteiger partial charge is 0.157 e. The monoisotopic (exact) mass is 312 g/mol. The number of hydrogen-bond acceptors (Lipinski definition) is 4. The molecule has 1 fully saturated rings. The summed E-state index contributed by atoms with van der Waals surface area (Å²) in [5, 5.41) is 9.54. The van der Waals surface area contributed by atoms with Crippen molar-refractivity contribution in [2.45, 2.75) is 44.0 Å². The van der Waals surface area contributed by atoms with Crippen LogP contribution in [0.5, 0.6) is 5.75 Å². The maximum Gasteiger partial charge on any atom is 0.157 e. The summed E-state index contributed by atoms with van der Waals surface area (Å²) in [5.74, 6) is 1.34. The fourth-order valence-electron chi connectivity index (χ4n) is 2.72. The molecule has 1 aliphatic carbocycles. The van der Waals surface area contributed by atoms with Crippen molar-refractivity contribution in [2.24, 2.45) is 5.92 Å². The van der Waals surface area contributed by atoms with Crippen LogP contribution >= 0.6 is 0 Å². The van der Waals surface area contributed by atoms with Gasteiger partial charge >= 0.3 is 0 Å².